The van der Waals surface area contributed by atoms with E-state index in [4.69, 9.17) is 0 Å². The summed E-state index contributed by atoms with van der Waals surface area (Å²) in [6.45, 7) is 10.4. The molecule has 0 spiro atoms. The number of carbonyl (C=O) groups is 4. The van der Waals surface area contributed by atoms with Crippen LogP contribution in [0.5, 0.6) is 0 Å². The smallest absolute Gasteiger partial charge is 0.253 e. The molecule has 0 atom stereocenters. The molecule has 2 rings (SSSR count). The maximum Gasteiger partial charge on any atom is 0.253 e. The Morgan fingerprint density at radius 2 is 0.900 bits per heavy atom. The van der Waals surface area contributed by atoms with Crippen molar-refractivity contribution in [3.63, 3.8) is 0 Å². The van der Waals surface area contributed by atoms with E-state index in [9.17, 15) is 19.2 Å². The number of hydrogen-bond acceptors (Lipinski definition) is 4. The van der Waals surface area contributed by atoms with Crippen LogP contribution in [0.4, 0.5) is 11.4 Å². The largest absolute Gasteiger partial charge is 0.339 e. The predicted molar refractivity (Wildman–Crippen MR) is 162 cm³/mol. The summed E-state index contributed by atoms with van der Waals surface area (Å²) in [4.78, 5) is 53.3. The normalized spacial score (nSPS) is 10.6. The van der Waals surface area contributed by atoms with Crippen molar-refractivity contribution in [3.8, 4) is 0 Å². The Hall–Kier alpha value is -3.68. The molecule has 8 nitrogen and oxygen atoms in total. The van der Waals surface area contributed by atoms with Gasteiger partial charge < -0.3 is 20.4 Å². The third-order valence-corrected chi connectivity index (χ3v) is 6.95. The quantitative estimate of drug-likeness (QED) is 0.224. The lowest BCUT2D eigenvalue weighted by Crippen LogP contribution is -2.30. The molecule has 2 aromatic rings. The Morgan fingerprint density at radius 3 is 1.25 bits per heavy atom. The van der Waals surface area contributed by atoms with Crippen molar-refractivity contribution in [2.24, 2.45) is 0 Å². The monoisotopic (exact) mass is 550 g/mol. The molecule has 4 amide bonds. The van der Waals surface area contributed by atoms with Crippen LogP contribution in [-0.4, -0.2) is 59.6 Å². The van der Waals surface area contributed by atoms with Gasteiger partial charge in [0, 0.05) is 61.5 Å². The molecule has 0 saturated carbocycles. The highest BCUT2D eigenvalue weighted by molar-refractivity contribution is 5.98. The molecule has 218 valence electrons. The van der Waals surface area contributed by atoms with Gasteiger partial charge in [0.25, 0.3) is 11.8 Å². The SMILES string of the molecule is CCN(CC)C(=O)c1cccc(NC(=O)CCCCCCCCC(=O)Nc2cccc(C(=O)N(CC)CC)c2)c1. The molecule has 8 heteroatoms. The van der Waals surface area contributed by atoms with Crippen LogP contribution in [0.2, 0.25) is 0 Å². The first-order chi connectivity index (χ1) is 19.3. The van der Waals surface area contributed by atoms with Crippen molar-refractivity contribution in [2.75, 3.05) is 36.8 Å². The molecule has 0 aromatic heterocycles. The first kappa shape index (κ1) is 32.5. The van der Waals surface area contributed by atoms with Crippen LogP contribution in [-0.2, 0) is 9.59 Å². The van der Waals surface area contributed by atoms with Gasteiger partial charge in [0.05, 0.1) is 0 Å². The number of amides is 4. The summed E-state index contributed by atoms with van der Waals surface area (Å²) in [5, 5.41) is 5.80. The highest BCUT2D eigenvalue weighted by atomic mass is 16.2. The zero-order valence-corrected chi connectivity index (χ0v) is 24.6. The van der Waals surface area contributed by atoms with Gasteiger partial charge >= 0.3 is 0 Å². The fourth-order valence-electron chi connectivity index (χ4n) is 4.57. The van der Waals surface area contributed by atoms with E-state index in [1.54, 1.807) is 58.3 Å². The van der Waals surface area contributed by atoms with Crippen LogP contribution < -0.4 is 10.6 Å². The molecular weight excluding hydrogens is 504 g/mol. The summed E-state index contributed by atoms with van der Waals surface area (Å²) in [5.41, 5.74) is 2.44. The second-order valence-electron chi connectivity index (χ2n) is 9.83. The van der Waals surface area contributed by atoms with Crippen molar-refractivity contribution in [1.82, 2.24) is 9.80 Å². The maximum absolute atomic E-state index is 12.5. The number of anilines is 2. The molecule has 0 aliphatic rings. The van der Waals surface area contributed by atoms with Gasteiger partial charge in [-0.1, -0.05) is 37.8 Å². The molecule has 40 heavy (non-hydrogen) atoms. The van der Waals surface area contributed by atoms with E-state index in [0.29, 0.717) is 61.5 Å². The fraction of sp³-hybridized carbons (Fsp3) is 0.500. The first-order valence-corrected chi connectivity index (χ1v) is 14.7. The molecular formula is C32H46N4O4. The maximum atomic E-state index is 12.5. The third-order valence-electron chi connectivity index (χ3n) is 6.95. The van der Waals surface area contributed by atoms with E-state index in [1.807, 2.05) is 27.7 Å². The van der Waals surface area contributed by atoms with Gasteiger partial charge in [0.15, 0.2) is 0 Å². The molecule has 0 bridgehead atoms. The third kappa shape index (κ3) is 10.8. The Bertz CT molecular complexity index is 1020. The van der Waals surface area contributed by atoms with E-state index in [-0.39, 0.29) is 23.6 Å². The Kier molecular flexibility index (Phi) is 14.5. The van der Waals surface area contributed by atoms with Gasteiger partial charge in [-0.25, -0.2) is 0 Å². The second kappa shape index (κ2) is 17.8. The van der Waals surface area contributed by atoms with E-state index >= 15 is 0 Å². The van der Waals surface area contributed by atoms with Gasteiger partial charge in [-0.3, -0.25) is 19.2 Å². The number of nitrogens with zero attached hydrogens (tertiary/aromatic N) is 2. The van der Waals surface area contributed by atoms with Crippen molar-refractivity contribution in [1.29, 1.82) is 0 Å². The first-order valence-electron chi connectivity index (χ1n) is 14.7. The Morgan fingerprint density at radius 1 is 0.550 bits per heavy atom. The zero-order valence-electron chi connectivity index (χ0n) is 24.6. The van der Waals surface area contributed by atoms with Gasteiger partial charge in [-0.2, -0.15) is 0 Å². The summed E-state index contributed by atoms with van der Waals surface area (Å²) in [6.07, 6.45) is 6.40. The lowest BCUT2D eigenvalue weighted by Gasteiger charge is -2.19. The number of unbranched alkanes of at least 4 members (excludes halogenated alkanes) is 5. The second-order valence-corrected chi connectivity index (χ2v) is 9.83. The van der Waals surface area contributed by atoms with Crippen LogP contribution >= 0.6 is 0 Å². The standard InChI is InChI=1S/C32H46N4O4/c1-5-35(6-2)31(39)25-17-15-19-27(23-25)33-29(37)21-13-11-9-10-12-14-22-30(38)34-28-20-16-18-26(24-28)32(40)36(7-3)8-4/h15-20,23-24H,5-14,21-22H2,1-4H3,(H,33,37)(H,34,38). The fourth-order valence-corrected chi connectivity index (χ4v) is 4.57. The average molecular weight is 551 g/mol. The van der Waals surface area contributed by atoms with Crippen LogP contribution in [0.3, 0.4) is 0 Å². The topological polar surface area (TPSA) is 98.8 Å². The lowest BCUT2D eigenvalue weighted by atomic mass is 10.1. The number of hydrogen-bond donors (Lipinski definition) is 2. The summed E-state index contributed by atoms with van der Waals surface area (Å²) in [7, 11) is 0. The Labute approximate surface area is 239 Å². The summed E-state index contributed by atoms with van der Waals surface area (Å²) < 4.78 is 0. The summed E-state index contributed by atoms with van der Waals surface area (Å²) >= 11 is 0. The highest BCUT2D eigenvalue weighted by Gasteiger charge is 2.14. The van der Waals surface area contributed by atoms with Gasteiger partial charge in [0.2, 0.25) is 11.8 Å². The number of rotatable bonds is 17. The van der Waals surface area contributed by atoms with Crippen molar-refractivity contribution >= 4 is 35.0 Å². The molecule has 0 unspecified atom stereocenters. The molecule has 0 radical (unpaired) electrons. The average Bonchev–Trinajstić information content (AvgIpc) is 2.95. The minimum atomic E-state index is -0.0491. The molecule has 2 N–H and O–H groups in total. The lowest BCUT2D eigenvalue weighted by molar-refractivity contribution is -0.117. The van der Waals surface area contributed by atoms with E-state index in [0.717, 1.165) is 38.5 Å². The highest BCUT2D eigenvalue weighted by Crippen LogP contribution is 2.16. The van der Waals surface area contributed by atoms with Gasteiger partial charge in [-0.15, -0.1) is 0 Å². The minimum Gasteiger partial charge on any atom is -0.339 e. The van der Waals surface area contributed by atoms with Crippen molar-refractivity contribution in [2.45, 2.75) is 79.1 Å². The molecule has 0 heterocycles. The predicted octanol–water partition coefficient (Wildman–Crippen LogP) is 6.35. The minimum absolute atomic E-state index is 0.0323. The number of benzene rings is 2. The molecule has 0 aliphatic heterocycles. The summed E-state index contributed by atoms with van der Waals surface area (Å²) in [5.74, 6) is -0.163. The van der Waals surface area contributed by atoms with E-state index in [2.05, 4.69) is 10.6 Å². The van der Waals surface area contributed by atoms with E-state index < -0.39 is 0 Å². The van der Waals surface area contributed by atoms with Crippen molar-refractivity contribution < 1.29 is 19.2 Å². The molecule has 2 aromatic carbocycles. The number of carbonyl (C=O) groups excluding carboxylic acids is 4. The van der Waals surface area contributed by atoms with Gasteiger partial charge in [0.1, 0.15) is 0 Å². The summed E-state index contributed by atoms with van der Waals surface area (Å²) in [6, 6.07) is 14.2. The zero-order chi connectivity index (χ0) is 29.3. The van der Waals surface area contributed by atoms with Crippen LogP contribution in [0.15, 0.2) is 48.5 Å². The Balaban J connectivity index is 1.61. The van der Waals surface area contributed by atoms with Crippen LogP contribution in [0.1, 0.15) is 99.8 Å². The molecule has 0 fully saturated rings. The molecule has 0 saturated heterocycles. The van der Waals surface area contributed by atoms with Crippen LogP contribution in [0.25, 0.3) is 0 Å². The molecule has 0 aliphatic carbocycles. The van der Waals surface area contributed by atoms with E-state index in [1.165, 1.54) is 0 Å². The number of nitrogens with one attached hydrogen (secondary N) is 2. The van der Waals surface area contributed by atoms with Crippen LogP contribution in [0, 0.1) is 0 Å². The van der Waals surface area contributed by atoms with Crippen molar-refractivity contribution in [3.05, 3.63) is 59.7 Å². The van der Waals surface area contributed by atoms with Gasteiger partial charge in [-0.05, 0) is 76.9 Å².